The summed E-state index contributed by atoms with van der Waals surface area (Å²) >= 11 is 6.30. The number of nitrogens with zero attached hydrogens (tertiary/aromatic N) is 1. The molecule has 0 heterocycles. The molecule has 0 unspecified atom stereocenters. The third kappa shape index (κ3) is 4.81. The summed E-state index contributed by atoms with van der Waals surface area (Å²) in [5, 5.41) is 9.82. The van der Waals surface area contributed by atoms with Gasteiger partial charge in [0.05, 0.1) is 31.4 Å². The number of nitriles is 1. The molecule has 0 fully saturated rings. The molecule has 2 aromatic carbocycles. The van der Waals surface area contributed by atoms with Crippen molar-refractivity contribution in [3.05, 3.63) is 58.1 Å². The van der Waals surface area contributed by atoms with Crippen LogP contribution in [0.4, 0.5) is 0 Å². The molecule has 2 aromatic rings. The molecule has 0 aliphatic carbocycles. The van der Waals surface area contributed by atoms with Crippen molar-refractivity contribution >= 4 is 23.5 Å². The number of allylic oxidation sites excluding steroid dienone is 1. The number of methoxy groups -OCH3 is 2. The van der Waals surface area contributed by atoms with Crippen LogP contribution in [0.2, 0.25) is 5.02 Å². The molecule has 2 rings (SSSR count). The monoisotopic (exact) mass is 385 g/mol. The number of Topliss-reactive ketones (excluding diaryl/α,β-unsaturated/α-hetero) is 1. The number of carbonyl (C=O) groups excluding carboxylic acids is 1. The third-order valence-corrected chi connectivity index (χ3v) is 4.01. The van der Waals surface area contributed by atoms with Crippen molar-refractivity contribution in [3.63, 3.8) is 0 Å². The summed E-state index contributed by atoms with van der Waals surface area (Å²) < 4.78 is 16.2. The van der Waals surface area contributed by atoms with Crippen molar-refractivity contribution in [2.45, 2.75) is 13.3 Å². The van der Waals surface area contributed by atoms with Crippen molar-refractivity contribution < 1.29 is 19.0 Å². The van der Waals surface area contributed by atoms with Crippen LogP contribution in [0.5, 0.6) is 17.2 Å². The number of ketones is 1. The lowest BCUT2D eigenvalue weighted by Crippen LogP contribution is -2.04. The topological polar surface area (TPSA) is 68.5 Å². The highest BCUT2D eigenvalue weighted by atomic mass is 35.5. The molecular formula is C21H20ClNO4. The molecular weight excluding hydrogens is 366 g/mol. The van der Waals surface area contributed by atoms with Crippen molar-refractivity contribution in [3.8, 4) is 23.3 Å². The van der Waals surface area contributed by atoms with Gasteiger partial charge in [-0.05, 0) is 42.3 Å². The number of hydrogen-bond donors (Lipinski definition) is 0. The molecule has 0 bridgehead atoms. The highest BCUT2D eigenvalue weighted by Gasteiger charge is 2.18. The predicted molar refractivity (Wildman–Crippen MR) is 105 cm³/mol. The summed E-state index contributed by atoms with van der Waals surface area (Å²) in [4.78, 5) is 12.7. The number of benzene rings is 2. The average molecular weight is 386 g/mol. The van der Waals surface area contributed by atoms with Gasteiger partial charge in [0.1, 0.15) is 17.4 Å². The van der Waals surface area contributed by atoms with E-state index >= 15 is 0 Å². The minimum absolute atomic E-state index is 0.0418. The molecule has 0 radical (unpaired) electrons. The number of halogens is 1. The Kier molecular flexibility index (Phi) is 7.27. The van der Waals surface area contributed by atoms with Crippen LogP contribution in [0.15, 0.2) is 42.0 Å². The lowest BCUT2D eigenvalue weighted by atomic mass is 10.0. The second-order valence-corrected chi connectivity index (χ2v) is 5.99. The summed E-state index contributed by atoms with van der Waals surface area (Å²) in [7, 11) is 2.98. The van der Waals surface area contributed by atoms with Gasteiger partial charge in [-0.3, -0.25) is 4.79 Å². The Morgan fingerprint density at radius 3 is 2.52 bits per heavy atom. The number of para-hydroxylation sites is 1. The fourth-order valence-electron chi connectivity index (χ4n) is 2.46. The van der Waals surface area contributed by atoms with Gasteiger partial charge < -0.3 is 14.2 Å². The molecule has 0 saturated heterocycles. The first-order chi connectivity index (χ1) is 13.0. The summed E-state index contributed by atoms with van der Waals surface area (Å²) in [6, 6.07) is 12.0. The summed E-state index contributed by atoms with van der Waals surface area (Å²) in [6.07, 6.45) is 2.29. The molecule has 0 aliphatic heterocycles. The predicted octanol–water partition coefficient (Wildman–Crippen LogP) is 4.94. The van der Waals surface area contributed by atoms with Crippen LogP contribution in [-0.2, 0) is 0 Å². The molecule has 0 aromatic heterocycles. The van der Waals surface area contributed by atoms with Gasteiger partial charge in [-0.2, -0.15) is 5.26 Å². The van der Waals surface area contributed by atoms with E-state index in [-0.39, 0.29) is 5.57 Å². The van der Waals surface area contributed by atoms with Gasteiger partial charge in [-0.15, -0.1) is 0 Å². The Labute approximate surface area is 163 Å². The molecule has 0 N–H and O–H groups in total. The maximum Gasteiger partial charge on any atom is 0.207 e. The molecule has 6 heteroatoms. The standard InChI is InChI=1S/C21H20ClNO4/c1-4-9-27-21-17(22)11-14(12-19(21)26-3)10-15(13-23)20(24)16-7-5-6-8-18(16)25-2/h5-8,10-12H,4,9H2,1-3H3/b15-10+. The van der Waals surface area contributed by atoms with Gasteiger partial charge in [-0.1, -0.05) is 30.7 Å². The van der Waals surface area contributed by atoms with Gasteiger partial charge in [0.15, 0.2) is 11.5 Å². The van der Waals surface area contributed by atoms with E-state index in [1.54, 1.807) is 36.4 Å². The van der Waals surface area contributed by atoms with Crippen LogP contribution in [0, 0.1) is 11.3 Å². The average Bonchev–Trinajstić information content (AvgIpc) is 2.70. The zero-order valence-electron chi connectivity index (χ0n) is 15.4. The highest BCUT2D eigenvalue weighted by Crippen LogP contribution is 2.37. The van der Waals surface area contributed by atoms with Crippen LogP contribution >= 0.6 is 11.6 Å². The minimum atomic E-state index is -0.434. The van der Waals surface area contributed by atoms with Gasteiger partial charge in [0.2, 0.25) is 5.78 Å². The zero-order chi connectivity index (χ0) is 19.8. The largest absolute Gasteiger partial charge is 0.496 e. The fraction of sp³-hybridized carbons (Fsp3) is 0.238. The smallest absolute Gasteiger partial charge is 0.207 e. The number of ether oxygens (including phenoxy) is 3. The lowest BCUT2D eigenvalue weighted by molar-refractivity contribution is 0.103. The van der Waals surface area contributed by atoms with Gasteiger partial charge >= 0.3 is 0 Å². The molecule has 140 valence electrons. The van der Waals surface area contributed by atoms with Crippen LogP contribution in [0.25, 0.3) is 6.08 Å². The first-order valence-corrected chi connectivity index (χ1v) is 8.73. The van der Waals surface area contributed by atoms with Gasteiger partial charge in [0.25, 0.3) is 0 Å². The van der Waals surface area contributed by atoms with Crippen molar-refractivity contribution in [1.29, 1.82) is 5.26 Å². The second-order valence-electron chi connectivity index (χ2n) is 5.58. The Morgan fingerprint density at radius 2 is 1.89 bits per heavy atom. The first-order valence-electron chi connectivity index (χ1n) is 8.35. The summed E-state index contributed by atoms with van der Waals surface area (Å²) in [5.41, 5.74) is 0.828. The van der Waals surface area contributed by atoms with Crippen molar-refractivity contribution in [2.75, 3.05) is 20.8 Å². The molecule has 5 nitrogen and oxygen atoms in total. The maximum absolute atomic E-state index is 12.7. The van der Waals surface area contributed by atoms with E-state index < -0.39 is 5.78 Å². The molecule has 0 amide bonds. The fourth-order valence-corrected chi connectivity index (χ4v) is 2.73. The Hall–Kier alpha value is -2.97. The quantitative estimate of drug-likeness (QED) is 0.366. The van der Waals surface area contributed by atoms with Crippen LogP contribution in [0.3, 0.4) is 0 Å². The number of hydrogen-bond acceptors (Lipinski definition) is 5. The Bertz CT molecular complexity index is 900. The summed E-state index contributed by atoms with van der Waals surface area (Å²) in [6.45, 7) is 2.49. The SMILES string of the molecule is CCCOc1c(Cl)cc(/C=C(\C#N)C(=O)c2ccccc2OC)cc1OC. The van der Waals surface area contributed by atoms with E-state index in [1.165, 1.54) is 20.3 Å². The number of carbonyl (C=O) groups is 1. The number of rotatable bonds is 8. The van der Waals surface area contributed by atoms with E-state index in [0.29, 0.717) is 40.0 Å². The molecule has 27 heavy (non-hydrogen) atoms. The maximum atomic E-state index is 12.7. The lowest BCUT2D eigenvalue weighted by Gasteiger charge is -2.13. The molecule has 0 atom stereocenters. The first kappa shape index (κ1) is 20.3. The van der Waals surface area contributed by atoms with E-state index in [1.807, 2.05) is 13.0 Å². The molecule has 0 spiro atoms. The highest BCUT2D eigenvalue weighted by molar-refractivity contribution is 6.32. The van der Waals surface area contributed by atoms with Gasteiger partial charge in [0, 0.05) is 0 Å². The normalized spacial score (nSPS) is 10.9. The van der Waals surface area contributed by atoms with Crippen molar-refractivity contribution in [2.24, 2.45) is 0 Å². The second kappa shape index (κ2) is 9.65. The summed E-state index contributed by atoms with van der Waals surface area (Å²) in [5.74, 6) is 0.843. The van der Waals surface area contributed by atoms with E-state index in [9.17, 15) is 10.1 Å². The van der Waals surface area contributed by atoms with E-state index in [4.69, 9.17) is 25.8 Å². The minimum Gasteiger partial charge on any atom is -0.496 e. The zero-order valence-corrected chi connectivity index (χ0v) is 16.2. The Balaban J connectivity index is 2.44. The molecule has 0 aliphatic rings. The van der Waals surface area contributed by atoms with Crippen molar-refractivity contribution in [1.82, 2.24) is 0 Å². The Morgan fingerprint density at radius 1 is 1.19 bits per heavy atom. The van der Waals surface area contributed by atoms with E-state index in [0.717, 1.165) is 6.42 Å². The van der Waals surface area contributed by atoms with Crippen LogP contribution < -0.4 is 14.2 Å². The van der Waals surface area contributed by atoms with Crippen LogP contribution in [-0.4, -0.2) is 26.6 Å². The van der Waals surface area contributed by atoms with E-state index in [2.05, 4.69) is 0 Å². The van der Waals surface area contributed by atoms with Gasteiger partial charge in [-0.25, -0.2) is 0 Å². The van der Waals surface area contributed by atoms with Crippen LogP contribution in [0.1, 0.15) is 29.3 Å². The molecule has 0 saturated carbocycles. The third-order valence-electron chi connectivity index (χ3n) is 3.73.